The Balaban J connectivity index is 1.87. The van der Waals surface area contributed by atoms with E-state index < -0.39 is 0 Å². The number of nitrogens with one attached hydrogen (secondary N) is 1. The molecule has 0 aliphatic carbocycles. The molecule has 4 nitrogen and oxygen atoms in total. The van der Waals surface area contributed by atoms with Crippen molar-refractivity contribution in [2.75, 3.05) is 19.6 Å². The summed E-state index contributed by atoms with van der Waals surface area (Å²) in [6.45, 7) is 10.9. The van der Waals surface area contributed by atoms with Gasteiger partial charge in [0.25, 0.3) is 0 Å². The van der Waals surface area contributed by atoms with Crippen molar-refractivity contribution >= 4 is 0 Å². The van der Waals surface area contributed by atoms with Crippen LogP contribution >= 0.6 is 0 Å². The van der Waals surface area contributed by atoms with Gasteiger partial charge in [0.15, 0.2) is 0 Å². The summed E-state index contributed by atoms with van der Waals surface area (Å²) < 4.78 is 2.04. The molecule has 0 spiro atoms. The van der Waals surface area contributed by atoms with E-state index in [2.05, 4.69) is 48.3 Å². The van der Waals surface area contributed by atoms with Gasteiger partial charge in [-0.05, 0) is 45.8 Å². The highest BCUT2D eigenvalue weighted by molar-refractivity contribution is 5.00. The molecular weight excluding hydrogens is 224 g/mol. The van der Waals surface area contributed by atoms with Crippen LogP contribution in [-0.4, -0.2) is 40.4 Å². The van der Waals surface area contributed by atoms with Gasteiger partial charge in [-0.15, -0.1) is 0 Å². The Morgan fingerprint density at radius 3 is 3.00 bits per heavy atom. The molecule has 1 aromatic heterocycles. The molecule has 4 heteroatoms. The predicted octanol–water partition coefficient (Wildman–Crippen LogP) is 2.04. The SMILES string of the molecule is CCNC1CCCN(Cc2ccn(C(C)C)n2)C1. The van der Waals surface area contributed by atoms with Crippen LogP contribution in [0.15, 0.2) is 12.3 Å². The van der Waals surface area contributed by atoms with Gasteiger partial charge < -0.3 is 5.32 Å². The third-order valence-corrected chi connectivity index (χ3v) is 3.58. The van der Waals surface area contributed by atoms with Crippen molar-refractivity contribution in [3.05, 3.63) is 18.0 Å². The van der Waals surface area contributed by atoms with Crippen molar-refractivity contribution in [2.45, 2.75) is 52.2 Å². The largest absolute Gasteiger partial charge is 0.313 e. The third-order valence-electron chi connectivity index (χ3n) is 3.58. The van der Waals surface area contributed by atoms with E-state index in [1.54, 1.807) is 0 Å². The van der Waals surface area contributed by atoms with Crippen LogP contribution in [0.3, 0.4) is 0 Å². The summed E-state index contributed by atoms with van der Waals surface area (Å²) in [5.41, 5.74) is 1.20. The number of nitrogens with zero attached hydrogens (tertiary/aromatic N) is 3. The summed E-state index contributed by atoms with van der Waals surface area (Å²) in [6, 6.07) is 3.27. The molecule has 0 saturated carbocycles. The monoisotopic (exact) mass is 250 g/mol. The lowest BCUT2D eigenvalue weighted by Gasteiger charge is -2.32. The van der Waals surface area contributed by atoms with Crippen LogP contribution in [0.1, 0.15) is 45.3 Å². The standard InChI is InChI=1S/C14H26N4/c1-4-15-13-6-5-8-17(10-13)11-14-7-9-18(16-14)12(2)3/h7,9,12-13,15H,4-6,8,10-11H2,1-3H3. The summed E-state index contributed by atoms with van der Waals surface area (Å²) >= 11 is 0. The van der Waals surface area contributed by atoms with Crippen LogP contribution in [0.4, 0.5) is 0 Å². The van der Waals surface area contributed by atoms with Crippen LogP contribution < -0.4 is 5.32 Å². The minimum Gasteiger partial charge on any atom is -0.313 e. The van der Waals surface area contributed by atoms with E-state index >= 15 is 0 Å². The van der Waals surface area contributed by atoms with E-state index in [1.165, 1.54) is 25.1 Å². The van der Waals surface area contributed by atoms with Gasteiger partial charge in [0.05, 0.1) is 5.69 Å². The average molecular weight is 250 g/mol. The van der Waals surface area contributed by atoms with Gasteiger partial charge in [-0.2, -0.15) is 5.10 Å². The highest BCUT2D eigenvalue weighted by Crippen LogP contribution is 2.13. The summed E-state index contributed by atoms with van der Waals surface area (Å²) in [7, 11) is 0. The molecule has 0 aromatic carbocycles. The number of likely N-dealkylation sites (N-methyl/N-ethyl adjacent to an activating group) is 1. The molecule has 1 saturated heterocycles. The lowest BCUT2D eigenvalue weighted by molar-refractivity contribution is 0.182. The van der Waals surface area contributed by atoms with Crippen molar-refractivity contribution in [2.24, 2.45) is 0 Å². The zero-order chi connectivity index (χ0) is 13.0. The number of hydrogen-bond acceptors (Lipinski definition) is 3. The van der Waals surface area contributed by atoms with Gasteiger partial charge in [0.2, 0.25) is 0 Å². The molecule has 1 atom stereocenters. The molecule has 1 fully saturated rings. The first-order chi connectivity index (χ1) is 8.69. The molecule has 1 aromatic rings. The Labute approximate surface area is 110 Å². The zero-order valence-corrected chi connectivity index (χ0v) is 11.9. The lowest BCUT2D eigenvalue weighted by atomic mass is 10.1. The zero-order valence-electron chi connectivity index (χ0n) is 11.9. The topological polar surface area (TPSA) is 33.1 Å². The van der Waals surface area contributed by atoms with Gasteiger partial charge in [-0.1, -0.05) is 6.92 Å². The first kappa shape index (κ1) is 13.6. The number of piperidine rings is 1. The van der Waals surface area contributed by atoms with Crippen molar-refractivity contribution in [1.82, 2.24) is 20.0 Å². The number of rotatable bonds is 5. The first-order valence-electron chi connectivity index (χ1n) is 7.18. The first-order valence-corrected chi connectivity index (χ1v) is 7.18. The summed E-state index contributed by atoms with van der Waals surface area (Å²) in [4.78, 5) is 2.52. The highest BCUT2D eigenvalue weighted by Gasteiger charge is 2.19. The quantitative estimate of drug-likeness (QED) is 0.868. The highest BCUT2D eigenvalue weighted by atomic mass is 15.3. The normalized spacial score (nSPS) is 21.7. The van der Waals surface area contributed by atoms with Gasteiger partial charge in [0.1, 0.15) is 0 Å². The minimum absolute atomic E-state index is 0.453. The van der Waals surface area contributed by atoms with Crippen LogP contribution in [0.2, 0.25) is 0 Å². The third kappa shape index (κ3) is 3.56. The van der Waals surface area contributed by atoms with Gasteiger partial charge in [0, 0.05) is 31.4 Å². The Hall–Kier alpha value is -0.870. The summed E-state index contributed by atoms with van der Waals surface area (Å²) in [5.74, 6) is 0. The molecule has 18 heavy (non-hydrogen) atoms. The number of aromatic nitrogens is 2. The minimum atomic E-state index is 0.453. The predicted molar refractivity (Wildman–Crippen MR) is 74.6 cm³/mol. The van der Waals surface area contributed by atoms with E-state index in [9.17, 15) is 0 Å². The fraction of sp³-hybridized carbons (Fsp3) is 0.786. The van der Waals surface area contributed by atoms with Crippen LogP contribution in [-0.2, 0) is 6.54 Å². The molecule has 0 radical (unpaired) electrons. The van der Waals surface area contributed by atoms with E-state index in [4.69, 9.17) is 0 Å². The van der Waals surface area contributed by atoms with E-state index in [0.29, 0.717) is 12.1 Å². The fourth-order valence-electron chi connectivity index (χ4n) is 2.63. The Morgan fingerprint density at radius 1 is 1.50 bits per heavy atom. The molecule has 0 amide bonds. The molecule has 1 N–H and O–H groups in total. The Morgan fingerprint density at radius 2 is 2.33 bits per heavy atom. The molecule has 1 aliphatic rings. The lowest BCUT2D eigenvalue weighted by Crippen LogP contribution is -2.45. The molecule has 2 heterocycles. The maximum atomic E-state index is 4.63. The van der Waals surface area contributed by atoms with Crippen molar-refractivity contribution in [3.8, 4) is 0 Å². The Kier molecular flexibility index (Phi) is 4.78. The molecular formula is C14H26N4. The van der Waals surface area contributed by atoms with Crippen LogP contribution in [0.25, 0.3) is 0 Å². The maximum Gasteiger partial charge on any atom is 0.0764 e. The molecule has 1 unspecified atom stereocenters. The van der Waals surface area contributed by atoms with E-state index in [0.717, 1.165) is 19.6 Å². The van der Waals surface area contributed by atoms with Crippen molar-refractivity contribution in [3.63, 3.8) is 0 Å². The average Bonchev–Trinajstić information content (AvgIpc) is 2.78. The van der Waals surface area contributed by atoms with Crippen molar-refractivity contribution in [1.29, 1.82) is 0 Å². The second-order valence-corrected chi connectivity index (χ2v) is 5.51. The van der Waals surface area contributed by atoms with E-state index in [-0.39, 0.29) is 0 Å². The van der Waals surface area contributed by atoms with Gasteiger partial charge in [-0.3, -0.25) is 9.58 Å². The maximum absolute atomic E-state index is 4.63. The molecule has 1 aliphatic heterocycles. The van der Waals surface area contributed by atoms with Crippen LogP contribution in [0, 0.1) is 0 Å². The second-order valence-electron chi connectivity index (χ2n) is 5.51. The van der Waals surface area contributed by atoms with Crippen molar-refractivity contribution < 1.29 is 0 Å². The molecule has 0 bridgehead atoms. The molecule has 2 rings (SSSR count). The number of likely N-dealkylation sites (tertiary alicyclic amines) is 1. The summed E-state index contributed by atoms with van der Waals surface area (Å²) in [5, 5.41) is 8.19. The fourth-order valence-corrected chi connectivity index (χ4v) is 2.63. The smallest absolute Gasteiger partial charge is 0.0764 e. The second kappa shape index (κ2) is 6.34. The van der Waals surface area contributed by atoms with Crippen LogP contribution in [0.5, 0.6) is 0 Å². The van der Waals surface area contributed by atoms with E-state index in [1.807, 2.05) is 4.68 Å². The molecule has 102 valence electrons. The van der Waals surface area contributed by atoms with Gasteiger partial charge >= 0.3 is 0 Å². The van der Waals surface area contributed by atoms with Gasteiger partial charge in [-0.25, -0.2) is 0 Å². The Bertz CT molecular complexity index is 356. The summed E-state index contributed by atoms with van der Waals surface area (Å²) in [6.07, 6.45) is 4.69. The number of hydrogen-bond donors (Lipinski definition) is 1.